The molecule has 0 saturated heterocycles. The number of benzene rings is 1. The third-order valence-corrected chi connectivity index (χ3v) is 2.77. The number of ether oxygens (including phenoxy) is 2. The highest BCUT2D eigenvalue weighted by Crippen LogP contribution is 2.29. The summed E-state index contributed by atoms with van der Waals surface area (Å²) in [6, 6.07) is 5.37. The van der Waals surface area contributed by atoms with Crippen molar-refractivity contribution in [3.8, 4) is 11.5 Å². The van der Waals surface area contributed by atoms with Crippen LogP contribution in [-0.2, 0) is 4.79 Å². The quantitative estimate of drug-likeness (QED) is 0.835. The predicted octanol–water partition coefficient (Wildman–Crippen LogP) is 3.06. The van der Waals surface area contributed by atoms with Crippen LogP contribution in [-0.4, -0.2) is 19.5 Å². The number of methoxy groups -OCH3 is 1. The molecule has 1 aromatic rings. The monoisotopic (exact) mass is 286 g/mol. The first-order valence-corrected chi connectivity index (χ1v) is 5.83. The molecular formula is C12H15BrO3. The van der Waals surface area contributed by atoms with Crippen LogP contribution in [0, 0.1) is 5.92 Å². The lowest BCUT2D eigenvalue weighted by Crippen LogP contribution is -2.16. The molecule has 0 saturated carbocycles. The smallest absolute Gasteiger partial charge is 0.172 e. The molecule has 0 fully saturated rings. The lowest BCUT2D eigenvalue weighted by molar-refractivity contribution is -0.123. The zero-order chi connectivity index (χ0) is 12.1. The third-order valence-electron chi connectivity index (χ3n) is 2.15. The van der Waals surface area contributed by atoms with Gasteiger partial charge in [0, 0.05) is 5.92 Å². The van der Waals surface area contributed by atoms with E-state index in [1.165, 1.54) is 0 Å². The summed E-state index contributed by atoms with van der Waals surface area (Å²) >= 11 is 3.36. The second-order valence-electron chi connectivity index (χ2n) is 3.71. The van der Waals surface area contributed by atoms with Gasteiger partial charge in [0.2, 0.25) is 0 Å². The van der Waals surface area contributed by atoms with Gasteiger partial charge in [0.05, 0.1) is 11.6 Å². The summed E-state index contributed by atoms with van der Waals surface area (Å²) < 4.78 is 11.2. The van der Waals surface area contributed by atoms with Crippen LogP contribution in [0.25, 0.3) is 0 Å². The summed E-state index contributed by atoms with van der Waals surface area (Å²) in [4.78, 5) is 11.4. The van der Waals surface area contributed by atoms with Crippen molar-refractivity contribution in [3.05, 3.63) is 22.7 Å². The van der Waals surface area contributed by atoms with Gasteiger partial charge < -0.3 is 9.47 Å². The first kappa shape index (κ1) is 13.0. The molecule has 1 rings (SSSR count). The van der Waals surface area contributed by atoms with Gasteiger partial charge in [0.1, 0.15) is 18.1 Å². The lowest BCUT2D eigenvalue weighted by atomic mass is 10.1. The van der Waals surface area contributed by atoms with Gasteiger partial charge in [-0.2, -0.15) is 0 Å². The first-order valence-electron chi connectivity index (χ1n) is 5.03. The fourth-order valence-electron chi connectivity index (χ4n) is 1.04. The van der Waals surface area contributed by atoms with Gasteiger partial charge in [-0.3, -0.25) is 4.79 Å². The van der Waals surface area contributed by atoms with Crippen molar-refractivity contribution in [2.75, 3.05) is 13.7 Å². The van der Waals surface area contributed by atoms with E-state index in [4.69, 9.17) is 9.47 Å². The molecule has 0 aliphatic carbocycles. The van der Waals surface area contributed by atoms with E-state index in [-0.39, 0.29) is 18.3 Å². The highest BCUT2D eigenvalue weighted by molar-refractivity contribution is 9.10. The third kappa shape index (κ3) is 3.52. The average molecular weight is 287 g/mol. The molecule has 0 spiro atoms. The van der Waals surface area contributed by atoms with Gasteiger partial charge in [-0.15, -0.1) is 0 Å². The second-order valence-corrected chi connectivity index (χ2v) is 4.56. The number of halogens is 1. The van der Waals surface area contributed by atoms with Crippen molar-refractivity contribution in [2.24, 2.45) is 5.92 Å². The second kappa shape index (κ2) is 5.89. The van der Waals surface area contributed by atoms with E-state index in [0.717, 1.165) is 10.2 Å². The molecule has 88 valence electrons. The fraction of sp³-hybridized carbons (Fsp3) is 0.417. The van der Waals surface area contributed by atoms with Crippen molar-refractivity contribution in [2.45, 2.75) is 13.8 Å². The molecule has 0 aromatic heterocycles. The lowest BCUT2D eigenvalue weighted by Gasteiger charge is -2.10. The molecule has 4 heteroatoms. The minimum atomic E-state index is -0.00276. The molecule has 0 aliphatic rings. The molecule has 1 aromatic carbocycles. The van der Waals surface area contributed by atoms with Gasteiger partial charge in [0.25, 0.3) is 0 Å². The Bertz CT molecular complexity index is 375. The number of hydrogen-bond acceptors (Lipinski definition) is 3. The summed E-state index contributed by atoms with van der Waals surface area (Å²) in [5.41, 5.74) is 0. The zero-order valence-electron chi connectivity index (χ0n) is 9.62. The normalized spacial score (nSPS) is 10.3. The molecule has 16 heavy (non-hydrogen) atoms. The van der Waals surface area contributed by atoms with E-state index in [9.17, 15) is 4.79 Å². The van der Waals surface area contributed by atoms with E-state index in [1.807, 2.05) is 13.8 Å². The number of carbonyl (C=O) groups is 1. The Morgan fingerprint density at radius 3 is 2.62 bits per heavy atom. The highest BCUT2D eigenvalue weighted by atomic mass is 79.9. The van der Waals surface area contributed by atoms with E-state index >= 15 is 0 Å². The van der Waals surface area contributed by atoms with Crippen LogP contribution in [0.2, 0.25) is 0 Å². The van der Waals surface area contributed by atoms with Gasteiger partial charge >= 0.3 is 0 Å². The van der Waals surface area contributed by atoms with Crippen molar-refractivity contribution >= 4 is 21.7 Å². The van der Waals surface area contributed by atoms with Crippen LogP contribution in [0.15, 0.2) is 22.7 Å². The molecule has 0 amide bonds. The van der Waals surface area contributed by atoms with E-state index in [0.29, 0.717) is 5.75 Å². The van der Waals surface area contributed by atoms with Crippen molar-refractivity contribution in [1.82, 2.24) is 0 Å². The van der Waals surface area contributed by atoms with E-state index in [1.54, 1.807) is 25.3 Å². The maximum absolute atomic E-state index is 11.4. The maximum atomic E-state index is 11.4. The Kier molecular flexibility index (Phi) is 4.80. The minimum Gasteiger partial charge on any atom is -0.497 e. The standard InChI is InChI=1S/C12H15BrO3/c1-8(2)11(14)7-16-12-5-4-9(15-3)6-10(12)13/h4-6,8H,7H2,1-3H3. The largest absolute Gasteiger partial charge is 0.497 e. The first-order chi connectivity index (χ1) is 7.54. The van der Waals surface area contributed by atoms with Crippen molar-refractivity contribution in [1.29, 1.82) is 0 Å². The Balaban J connectivity index is 2.64. The van der Waals surface area contributed by atoms with Gasteiger partial charge in [0.15, 0.2) is 5.78 Å². The summed E-state index contributed by atoms with van der Waals surface area (Å²) in [5.74, 6) is 1.48. The summed E-state index contributed by atoms with van der Waals surface area (Å²) in [7, 11) is 1.60. The van der Waals surface area contributed by atoms with Gasteiger partial charge in [-0.05, 0) is 34.1 Å². The molecule has 0 radical (unpaired) electrons. The van der Waals surface area contributed by atoms with E-state index < -0.39 is 0 Å². The van der Waals surface area contributed by atoms with Crippen LogP contribution in [0.4, 0.5) is 0 Å². The topological polar surface area (TPSA) is 35.5 Å². The molecule has 0 unspecified atom stereocenters. The van der Waals surface area contributed by atoms with Crippen LogP contribution in [0.3, 0.4) is 0 Å². The Morgan fingerprint density at radius 1 is 1.44 bits per heavy atom. The average Bonchev–Trinajstić information content (AvgIpc) is 2.26. The number of ketones is 1. The predicted molar refractivity (Wildman–Crippen MR) is 66.0 cm³/mol. The summed E-state index contributed by atoms with van der Waals surface area (Å²) in [5, 5.41) is 0. The van der Waals surface area contributed by atoms with Crippen molar-refractivity contribution in [3.63, 3.8) is 0 Å². The Labute approximate surface area is 104 Å². The number of Topliss-reactive ketones (excluding diaryl/α,β-unsaturated/α-hetero) is 1. The molecule has 3 nitrogen and oxygen atoms in total. The highest BCUT2D eigenvalue weighted by Gasteiger charge is 2.09. The molecule has 0 aliphatic heterocycles. The van der Waals surface area contributed by atoms with Crippen molar-refractivity contribution < 1.29 is 14.3 Å². The molecule has 0 bridgehead atoms. The van der Waals surface area contributed by atoms with Crippen LogP contribution in [0.1, 0.15) is 13.8 Å². The molecule has 0 N–H and O–H groups in total. The van der Waals surface area contributed by atoms with Crippen LogP contribution in [0.5, 0.6) is 11.5 Å². The molecule has 0 atom stereocenters. The fourth-order valence-corrected chi connectivity index (χ4v) is 1.51. The van der Waals surface area contributed by atoms with E-state index in [2.05, 4.69) is 15.9 Å². The van der Waals surface area contributed by atoms with Gasteiger partial charge in [-0.1, -0.05) is 13.8 Å². The number of carbonyl (C=O) groups excluding carboxylic acids is 1. The van der Waals surface area contributed by atoms with Gasteiger partial charge in [-0.25, -0.2) is 0 Å². The maximum Gasteiger partial charge on any atom is 0.172 e. The number of rotatable bonds is 5. The molecular weight excluding hydrogens is 272 g/mol. The molecule has 0 heterocycles. The Hall–Kier alpha value is -1.03. The summed E-state index contributed by atoms with van der Waals surface area (Å²) in [6.07, 6.45) is 0. The van der Waals surface area contributed by atoms with Crippen LogP contribution < -0.4 is 9.47 Å². The zero-order valence-corrected chi connectivity index (χ0v) is 11.2. The van der Waals surface area contributed by atoms with Crippen LogP contribution >= 0.6 is 15.9 Å². The summed E-state index contributed by atoms with van der Waals surface area (Å²) in [6.45, 7) is 3.81. The minimum absolute atomic E-state index is 0.00276. The number of hydrogen-bond donors (Lipinski definition) is 0. The SMILES string of the molecule is COc1ccc(OCC(=O)C(C)C)c(Br)c1. The Morgan fingerprint density at radius 2 is 2.12 bits per heavy atom.